The Hall–Kier alpha value is -1.96. The third-order valence-electron chi connectivity index (χ3n) is 9.15. The van der Waals surface area contributed by atoms with Gasteiger partial charge in [-0.25, -0.2) is 4.57 Å². The molecule has 55 heavy (non-hydrogen) atoms. The van der Waals surface area contributed by atoms with Gasteiger partial charge in [-0.3, -0.25) is 13.8 Å². The van der Waals surface area contributed by atoms with Gasteiger partial charge in [-0.1, -0.05) is 132 Å². The lowest BCUT2D eigenvalue weighted by Crippen LogP contribution is -2.64. The molecule has 318 valence electrons. The van der Waals surface area contributed by atoms with Gasteiger partial charge in [-0.15, -0.1) is 0 Å². The maximum Gasteiger partial charge on any atom is 0.472 e. The maximum atomic E-state index is 12.8. The number of allylic oxidation sites excluding steroid dienone is 10. The number of aliphatic hydroxyl groups is 5. The topological polar surface area (TPSA) is 192 Å². The van der Waals surface area contributed by atoms with E-state index in [0.717, 1.165) is 70.6 Å². The average molecular weight is 801 g/mol. The Kier molecular flexibility index (Phi) is 30.7. The summed E-state index contributed by atoms with van der Waals surface area (Å²) in [6.07, 6.45) is 27.4. The van der Waals surface area contributed by atoms with Crippen LogP contribution in [0.3, 0.4) is 0 Å². The maximum absolute atomic E-state index is 12.8. The number of unbranched alkanes of at least 4 members (excludes halogenated alkanes) is 11. The third-order valence-corrected chi connectivity index (χ3v) is 10.1. The molecule has 1 aliphatic rings. The van der Waals surface area contributed by atoms with E-state index in [1.807, 2.05) is 0 Å². The summed E-state index contributed by atoms with van der Waals surface area (Å²) in [5.41, 5.74) is 0. The molecule has 0 spiro atoms. The van der Waals surface area contributed by atoms with Crippen molar-refractivity contribution >= 4 is 13.8 Å². The molecule has 0 bridgehead atoms. The summed E-state index contributed by atoms with van der Waals surface area (Å²) in [7, 11) is -5.02. The van der Waals surface area contributed by atoms with Gasteiger partial charge in [-0.2, -0.15) is 0 Å². The molecular formula is C42H73O12P. The second kappa shape index (κ2) is 33.1. The van der Waals surface area contributed by atoms with Crippen LogP contribution in [0.4, 0.5) is 0 Å². The van der Waals surface area contributed by atoms with Crippen molar-refractivity contribution in [2.24, 2.45) is 0 Å². The van der Waals surface area contributed by atoms with Crippen LogP contribution in [0, 0.1) is 0 Å². The van der Waals surface area contributed by atoms with E-state index in [2.05, 4.69) is 74.6 Å². The van der Waals surface area contributed by atoms with Crippen molar-refractivity contribution in [3.8, 4) is 0 Å². The average Bonchev–Trinajstić information content (AvgIpc) is 3.17. The second-order valence-electron chi connectivity index (χ2n) is 14.1. The largest absolute Gasteiger partial charge is 0.472 e. The predicted molar refractivity (Wildman–Crippen MR) is 216 cm³/mol. The number of phosphoric ester groups is 1. The number of esters is 1. The molecule has 1 saturated carbocycles. The van der Waals surface area contributed by atoms with Gasteiger partial charge < -0.3 is 39.9 Å². The van der Waals surface area contributed by atoms with Crippen LogP contribution in [-0.2, 0) is 27.9 Å². The molecule has 1 rings (SSSR count). The molecular weight excluding hydrogens is 727 g/mol. The van der Waals surface area contributed by atoms with E-state index in [-0.39, 0.29) is 13.0 Å². The standard InChI is InChI=1S/C42H73O12P/c1-3-5-7-9-11-13-15-16-17-18-19-20-21-22-24-26-28-30-32-51-33-35(53-36(43)31-29-27-25-23-14-12-10-8-6-4-2)34-52-55(49,50)54-42-40(47)38(45)37(44)39(46)41(42)48/h5,7,11,13,16-17,19-20,22,24,35,37-42,44-48H,3-4,6,8-10,12,14-15,18,21,23,25-34H2,1-2H3,(H,49,50)/b7-5-,13-11-,17-16-,20-19-,24-22-. The predicted octanol–water partition coefficient (Wildman–Crippen LogP) is 7.47. The van der Waals surface area contributed by atoms with Gasteiger partial charge in [0.2, 0.25) is 0 Å². The van der Waals surface area contributed by atoms with E-state index in [0.29, 0.717) is 13.0 Å². The molecule has 0 aromatic heterocycles. The first-order chi connectivity index (χ1) is 26.5. The van der Waals surface area contributed by atoms with E-state index in [1.54, 1.807) is 0 Å². The Morgan fingerprint density at radius 1 is 0.600 bits per heavy atom. The summed E-state index contributed by atoms with van der Waals surface area (Å²) in [5.74, 6) is -0.498. The van der Waals surface area contributed by atoms with Crippen molar-refractivity contribution in [3.63, 3.8) is 0 Å². The highest BCUT2D eigenvalue weighted by atomic mass is 31.2. The Morgan fingerprint density at radius 2 is 1.07 bits per heavy atom. The van der Waals surface area contributed by atoms with E-state index in [1.165, 1.54) is 38.5 Å². The lowest BCUT2D eigenvalue weighted by Gasteiger charge is -2.41. The number of carbonyl (C=O) groups excluding carboxylic acids is 1. The first-order valence-corrected chi connectivity index (χ1v) is 22.1. The summed E-state index contributed by atoms with van der Waals surface area (Å²) < 4.78 is 34.0. The van der Waals surface area contributed by atoms with Gasteiger partial charge in [0.1, 0.15) is 42.7 Å². The van der Waals surface area contributed by atoms with Crippen LogP contribution < -0.4 is 0 Å². The number of ether oxygens (including phenoxy) is 2. The van der Waals surface area contributed by atoms with Crippen LogP contribution in [0.15, 0.2) is 60.8 Å². The highest BCUT2D eigenvalue weighted by molar-refractivity contribution is 7.47. The minimum absolute atomic E-state index is 0.107. The molecule has 1 fully saturated rings. The molecule has 6 atom stereocenters. The molecule has 0 radical (unpaired) electrons. The van der Waals surface area contributed by atoms with Gasteiger partial charge in [0.15, 0.2) is 0 Å². The molecule has 0 heterocycles. The summed E-state index contributed by atoms with van der Waals surface area (Å²) >= 11 is 0. The van der Waals surface area contributed by atoms with Gasteiger partial charge in [0.05, 0.1) is 13.2 Å². The smallest absolute Gasteiger partial charge is 0.457 e. The molecule has 13 heteroatoms. The van der Waals surface area contributed by atoms with Crippen LogP contribution >= 0.6 is 7.82 Å². The molecule has 0 amide bonds. The molecule has 6 unspecified atom stereocenters. The number of carbonyl (C=O) groups is 1. The fourth-order valence-corrected chi connectivity index (χ4v) is 6.82. The van der Waals surface area contributed by atoms with Crippen molar-refractivity contribution in [2.75, 3.05) is 19.8 Å². The van der Waals surface area contributed by atoms with E-state index >= 15 is 0 Å². The Balaban J connectivity index is 2.47. The molecule has 1 aliphatic carbocycles. The summed E-state index contributed by atoms with van der Waals surface area (Å²) in [4.78, 5) is 23.0. The molecule has 0 saturated heterocycles. The van der Waals surface area contributed by atoms with Crippen molar-refractivity contribution in [1.82, 2.24) is 0 Å². The molecule has 0 aliphatic heterocycles. The monoisotopic (exact) mass is 800 g/mol. The van der Waals surface area contributed by atoms with Gasteiger partial charge in [0.25, 0.3) is 0 Å². The van der Waals surface area contributed by atoms with Crippen LogP contribution in [0.2, 0.25) is 0 Å². The van der Waals surface area contributed by atoms with Crippen molar-refractivity contribution in [3.05, 3.63) is 60.8 Å². The number of hydrogen-bond acceptors (Lipinski definition) is 11. The molecule has 0 aromatic rings. The minimum Gasteiger partial charge on any atom is -0.457 e. The van der Waals surface area contributed by atoms with Gasteiger partial charge in [-0.05, 0) is 57.8 Å². The lowest BCUT2D eigenvalue weighted by atomic mass is 9.85. The summed E-state index contributed by atoms with van der Waals surface area (Å²) in [5, 5.41) is 50.0. The fourth-order valence-electron chi connectivity index (χ4n) is 5.85. The first kappa shape index (κ1) is 51.1. The zero-order valence-corrected chi connectivity index (χ0v) is 34.3. The van der Waals surface area contributed by atoms with E-state index in [9.17, 15) is 39.8 Å². The Labute approximate surface area is 330 Å². The van der Waals surface area contributed by atoms with Crippen LogP contribution in [0.5, 0.6) is 0 Å². The number of hydrogen-bond donors (Lipinski definition) is 6. The van der Waals surface area contributed by atoms with Gasteiger partial charge >= 0.3 is 13.8 Å². The summed E-state index contributed by atoms with van der Waals surface area (Å²) in [6, 6.07) is 0. The minimum atomic E-state index is -5.02. The Bertz CT molecular complexity index is 1140. The van der Waals surface area contributed by atoms with Crippen molar-refractivity contribution in [1.29, 1.82) is 0 Å². The van der Waals surface area contributed by atoms with Crippen molar-refractivity contribution < 1.29 is 58.3 Å². The number of phosphoric acid groups is 1. The zero-order valence-electron chi connectivity index (χ0n) is 33.5. The first-order valence-electron chi connectivity index (χ1n) is 20.6. The van der Waals surface area contributed by atoms with Crippen molar-refractivity contribution in [2.45, 2.75) is 179 Å². The highest BCUT2D eigenvalue weighted by Crippen LogP contribution is 2.47. The fraction of sp³-hybridized carbons (Fsp3) is 0.738. The lowest BCUT2D eigenvalue weighted by molar-refractivity contribution is -0.220. The zero-order chi connectivity index (χ0) is 40.6. The van der Waals surface area contributed by atoms with Crippen LogP contribution in [0.1, 0.15) is 136 Å². The van der Waals surface area contributed by atoms with E-state index in [4.69, 9.17) is 18.5 Å². The van der Waals surface area contributed by atoms with Gasteiger partial charge in [0, 0.05) is 13.0 Å². The highest BCUT2D eigenvalue weighted by Gasteiger charge is 2.51. The summed E-state index contributed by atoms with van der Waals surface area (Å²) in [6.45, 7) is 3.99. The number of aliphatic hydroxyl groups excluding tert-OH is 5. The van der Waals surface area contributed by atoms with Crippen LogP contribution in [-0.4, -0.2) is 98.9 Å². The third kappa shape index (κ3) is 25.8. The quantitative estimate of drug-likeness (QED) is 0.0166. The molecule has 12 nitrogen and oxygen atoms in total. The second-order valence-corrected chi connectivity index (χ2v) is 15.5. The van der Waals surface area contributed by atoms with E-state index < -0.39 is 63.1 Å². The molecule has 0 aromatic carbocycles. The molecule has 6 N–H and O–H groups in total. The Morgan fingerprint density at radius 3 is 1.60 bits per heavy atom. The number of rotatable bonds is 33. The normalized spacial score (nSPS) is 23.9. The SMILES string of the molecule is CC/C=C\C/C=C\C/C=C\C/C=C\C/C=C\CCCCOCC(COP(=O)(O)OC1C(O)C(O)C(O)C(O)C1O)OC(=O)CCCCCCCCCCCC. The van der Waals surface area contributed by atoms with Crippen LogP contribution in [0.25, 0.3) is 0 Å².